The zero-order valence-electron chi connectivity index (χ0n) is 25.8. The standard InChI is InChI=1S/C36H46N2O6/c1-40-35-24-28(16-17-34(35)42-23-20-37-36(39)44-27-30-12-6-3-7-13-30)19-22-41-33-15-9-8-14-32(33)38-21-18-31(25-38)43-26-29-10-4-2-5-11-29/h2-7,10-13,16-17,24,31-33H,8-9,14-15,18-23,25-27H2,1H3,(H,37,39)/t31-,32?,33?/m1/s1. The first kappa shape index (κ1) is 31.8. The Kier molecular flexibility index (Phi) is 12.3. The van der Waals surface area contributed by atoms with E-state index in [9.17, 15) is 4.79 Å². The quantitative estimate of drug-likeness (QED) is 0.209. The van der Waals surface area contributed by atoms with Gasteiger partial charge in [0.2, 0.25) is 0 Å². The van der Waals surface area contributed by atoms with E-state index in [-0.39, 0.29) is 18.8 Å². The number of carbonyl (C=O) groups is 1. The molecule has 1 saturated carbocycles. The maximum absolute atomic E-state index is 12.0. The van der Waals surface area contributed by atoms with Crippen LogP contribution in [0, 0.1) is 0 Å². The van der Waals surface area contributed by atoms with E-state index < -0.39 is 6.09 Å². The lowest BCUT2D eigenvalue weighted by Crippen LogP contribution is -2.46. The molecule has 1 amide bonds. The molecule has 0 bridgehead atoms. The lowest BCUT2D eigenvalue weighted by molar-refractivity contribution is -0.0352. The second kappa shape index (κ2) is 17.0. The van der Waals surface area contributed by atoms with Crippen LogP contribution in [0.5, 0.6) is 11.5 Å². The average molecular weight is 603 g/mol. The van der Waals surface area contributed by atoms with E-state index in [1.165, 1.54) is 24.8 Å². The molecule has 0 spiro atoms. The second-order valence-corrected chi connectivity index (χ2v) is 11.5. The number of alkyl carbamates (subject to hydrolysis) is 1. The van der Waals surface area contributed by atoms with Crippen molar-refractivity contribution in [2.24, 2.45) is 0 Å². The van der Waals surface area contributed by atoms with Crippen molar-refractivity contribution in [1.29, 1.82) is 0 Å². The van der Waals surface area contributed by atoms with Crippen LogP contribution in [-0.2, 0) is 33.8 Å². The minimum Gasteiger partial charge on any atom is -0.493 e. The molecule has 3 aromatic rings. The molecular weight excluding hydrogens is 556 g/mol. The SMILES string of the molecule is COc1cc(CCOC2CCCCC2N2CC[C@@H](OCc3ccccc3)C2)ccc1OCCNC(=O)OCc1ccccc1. The Labute approximate surface area is 261 Å². The van der Waals surface area contributed by atoms with Gasteiger partial charge in [0.25, 0.3) is 0 Å². The van der Waals surface area contributed by atoms with Crippen LogP contribution in [0.15, 0.2) is 78.9 Å². The first-order valence-corrected chi connectivity index (χ1v) is 15.9. The Morgan fingerprint density at radius 2 is 1.57 bits per heavy atom. The molecule has 3 aromatic carbocycles. The highest BCUT2D eigenvalue weighted by Crippen LogP contribution is 2.31. The Balaban J connectivity index is 1.01. The molecule has 0 radical (unpaired) electrons. The summed E-state index contributed by atoms with van der Waals surface area (Å²) >= 11 is 0. The molecule has 8 nitrogen and oxygen atoms in total. The Morgan fingerprint density at radius 3 is 2.34 bits per heavy atom. The van der Waals surface area contributed by atoms with Crippen molar-refractivity contribution in [2.45, 2.75) is 70.0 Å². The highest BCUT2D eigenvalue weighted by Gasteiger charge is 2.35. The highest BCUT2D eigenvalue weighted by atomic mass is 16.5. The molecule has 8 heteroatoms. The van der Waals surface area contributed by atoms with Gasteiger partial charge in [-0.05, 0) is 54.5 Å². The minimum atomic E-state index is -0.471. The van der Waals surface area contributed by atoms with E-state index in [4.69, 9.17) is 23.7 Å². The molecule has 2 unspecified atom stereocenters. The Bertz CT molecular complexity index is 1270. The monoisotopic (exact) mass is 602 g/mol. The molecule has 1 heterocycles. The third-order valence-electron chi connectivity index (χ3n) is 8.43. The molecule has 1 aliphatic carbocycles. The van der Waals surface area contributed by atoms with Crippen LogP contribution in [0.2, 0.25) is 0 Å². The number of hydrogen-bond donors (Lipinski definition) is 1. The van der Waals surface area contributed by atoms with Crippen LogP contribution in [0.1, 0.15) is 48.8 Å². The van der Waals surface area contributed by atoms with Crippen LogP contribution in [-0.4, -0.2) is 69.2 Å². The maximum Gasteiger partial charge on any atom is 0.407 e. The van der Waals surface area contributed by atoms with Gasteiger partial charge in [0.15, 0.2) is 11.5 Å². The van der Waals surface area contributed by atoms with E-state index in [2.05, 4.69) is 40.5 Å². The molecule has 5 rings (SSSR count). The van der Waals surface area contributed by atoms with Gasteiger partial charge in [0.05, 0.1) is 39.1 Å². The number of rotatable bonds is 15. The van der Waals surface area contributed by atoms with Crippen LogP contribution in [0.3, 0.4) is 0 Å². The summed E-state index contributed by atoms with van der Waals surface area (Å²) < 4.78 is 29.5. The fourth-order valence-electron chi connectivity index (χ4n) is 6.07. The summed E-state index contributed by atoms with van der Waals surface area (Å²) in [5.41, 5.74) is 3.31. The molecule has 1 aliphatic heterocycles. The van der Waals surface area contributed by atoms with E-state index in [1.54, 1.807) is 7.11 Å². The lowest BCUT2D eigenvalue weighted by atomic mass is 9.91. The fourth-order valence-corrected chi connectivity index (χ4v) is 6.07. The van der Waals surface area contributed by atoms with Crippen LogP contribution < -0.4 is 14.8 Å². The summed E-state index contributed by atoms with van der Waals surface area (Å²) in [7, 11) is 1.64. The summed E-state index contributed by atoms with van der Waals surface area (Å²) in [6.07, 6.45) is 6.75. The molecule has 44 heavy (non-hydrogen) atoms. The number of nitrogens with zero attached hydrogens (tertiary/aromatic N) is 1. The molecule has 1 N–H and O–H groups in total. The number of hydrogen-bond acceptors (Lipinski definition) is 7. The highest BCUT2D eigenvalue weighted by molar-refractivity contribution is 5.67. The van der Waals surface area contributed by atoms with Gasteiger partial charge in [-0.1, -0.05) is 79.6 Å². The zero-order valence-corrected chi connectivity index (χ0v) is 25.8. The number of amides is 1. The van der Waals surface area contributed by atoms with Gasteiger partial charge in [-0.3, -0.25) is 4.90 Å². The van der Waals surface area contributed by atoms with Crippen LogP contribution >= 0.6 is 0 Å². The van der Waals surface area contributed by atoms with Crippen molar-refractivity contribution >= 4 is 6.09 Å². The first-order chi connectivity index (χ1) is 21.7. The normalized spacial score (nSPS) is 20.2. The predicted octanol–water partition coefficient (Wildman–Crippen LogP) is 6.16. The fraction of sp³-hybridized carbons (Fsp3) is 0.472. The molecule has 2 aliphatic rings. The number of ether oxygens (including phenoxy) is 5. The van der Waals surface area contributed by atoms with E-state index in [0.717, 1.165) is 43.5 Å². The summed E-state index contributed by atoms with van der Waals surface area (Å²) in [4.78, 5) is 14.6. The number of nitrogens with one attached hydrogen (secondary N) is 1. The molecule has 1 saturated heterocycles. The van der Waals surface area contributed by atoms with Gasteiger partial charge in [0.1, 0.15) is 13.2 Å². The first-order valence-electron chi connectivity index (χ1n) is 15.9. The van der Waals surface area contributed by atoms with E-state index in [1.807, 2.05) is 48.5 Å². The van der Waals surface area contributed by atoms with Gasteiger partial charge in [0, 0.05) is 19.1 Å². The van der Waals surface area contributed by atoms with Crippen LogP contribution in [0.4, 0.5) is 4.79 Å². The van der Waals surface area contributed by atoms with E-state index in [0.29, 0.717) is 43.9 Å². The molecule has 236 valence electrons. The maximum atomic E-state index is 12.0. The van der Waals surface area contributed by atoms with Crippen LogP contribution in [0.25, 0.3) is 0 Å². The third-order valence-corrected chi connectivity index (χ3v) is 8.43. The minimum absolute atomic E-state index is 0.233. The molecule has 0 aromatic heterocycles. The van der Waals surface area contributed by atoms with E-state index >= 15 is 0 Å². The molecular formula is C36H46N2O6. The molecule has 3 atom stereocenters. The van der Waals surface area contributed by atoms with Gasteiger partial charge in [-0.2, -0.15) is 0 Å². The summed E-state index contributed by atoms with van der Waals surface area (Å²) in [5.74, 6) is 1.31. The van der Waals surface area contributed by atoms with Crippen molar-refractivity contribution in [1.82, 2.24) is 10.2 Å². The third kappa shape index (κ3) is 9.71. The summed E-state index contributed by atoms with van der Waals surface area (Å²) in [6.45, 7) is 4.27. The molecule has 2 fully saturated rings. The largest absolute Gasteiger partial charge is 0.493 e. The summed E-state index contributed by atoms with van der Waals surface area (Å²) in [6, 6.07) is 26.5. The smallest absolute Gasteiger partial charge is 0.407 e. The van der Waals surface area contributed by atoms with Crippen molar-refractivity contribution in [3.63, 3.8) is 0 Å². The average Bonchev–Trinajstić information content (AvgIpc) is 3.55. The number of likely N-dealkylation sites (tertiary alicyclic amines) is 1. The Hall–Kier alpha value is -3.59. The van der Waals surface area contributed by atoms with Gasteiger partial charge >= 0.3 is 6.09 Å². The number of methoxy groups -OCH3 is 1. The van der Waals surface area contributed by atoms with Gasteiger partial charge in [-0.25, -0.2) is 4.79 Å². The topological polar surface area (TPSA) is 78.5 Å². The summed E-state index contributed by atoms with van der Waals surface area (Å²) in [5, 5.41) is 2.72. The lowest BCUT2D eigenvalue weighted by Gasteiger charge is -2.38. The Morgan fingerprint density at radius 1 is 0.818 bits per heavy atom. The second-order valence-electron chi connectivity index (χ2n) is 11.5. The number of carbonyl (C=O) groups excluding carboxylic acids is 1. The zero-order chi connectivity index (χ0) is 30.4. The number of benzene rings is 3. The van der Waals surface area contributed by atoms with Gasteiger partial charge in [-0.15, -0.1) is 0 Å². The van der Waals surface area contributed by atoms with Crippen molar-refractivity contribution < 1.29 is 28.5 Å². The van der Waals surface area contributed by atoms with Crippen molar-refractivity contribution in [3.05, 3.63) is 95.6 Å². The predicted molar refractivity (Wildman–Crippen MR) is 170 cm³/mol. The van der Waals surface area contributed by atoms with Gasteiger partial charge < -0.3 is 29.0 Å². The van der Waals surface area contributed by atoms with Crippen molar-refractivity contribution in [3.8, 4) is 11.5 Å². The van der Waals surface area contributed by atoms with Crippen molar-refractivity contribution in [2.75, 3.05) is 40.0 Å².